The molecule has 0 spiro atoms. The Morgan fingerprint density at radius 3 is 2.58 bits per heavy atom. The number of halogens is 1. The summed E-state index contributed by atoms with van der Waals surface area (Å²) in [5.74, 6) is -0.134. The van der Waals surface area contributed by atoms with Crippen molar-refractivity contribution in [1.82, 2.24) is 9.80 Å². The van der Waals surface area contributed by atoms with Gasteiger partial charge in [0, 0.05) is 30.3 Å². The fourth-order valence-electron chi connectivity index (χ4n) is 2.75. The van der Waals surface area contributed by atoms with Crippen LogP contribution in [0.3, 0.4) is 0 Å². The molecule has 106 valence electrons. The van der Waals surface area contributed by atoms with Gasteiger partial charge in [-0.3, -0.25) is 4.90 Å². The zero-order chi connectivity index (χ0) is 13.8. The molecule has 0 aliphatic carbocycles. The van der Waals surface area contributed by atoms with Gasteiger partial charge in [-0.25, -0.2) is 4.39 Å². The van der Waals surface area contributed by atoms with Gasteiger partial charge in [0.2, 0.25) is 0 Å². The second-order valence-electron chi connectivity index (χ2n) is 5.54. The van der Waals surface area contributed by atoms with E-state index in [0.29, 0.717) is 18.2 Å². The summed E-state index contributed by atoms with van der Waals surface area (Å²) >= 11 is 0. The topological polar surface area (TPSA) is 32.5 Å². The van der Waals surface area contributed by atoms with E-state index in [9.17, 15) is 4.39 Å². The number of nitrogens with two attached hydrogens (primary N) is 1. The standard InChI is InChI=1S/C15H24FN3/c1-18-8-6-14(7-9-18)19(2)11-13-5-3-4-12(10-17)15(13)16/h3-5,14H,6-11,17H2,1-2H3. The Balaban J connectivity index is 2.00. The molecule has 1 aliphatic heterocycles. The van der Waals surface area contributed by atoms with Gasteiger partial charge in [-0.2, -0.15) is 0 Å². The number of hydrogen-bond donors (Lipinski definition) is 1. The van der Waals surface area contributed by atoms with Crippen LogP contribution < -0.4 is 5.73 Å². The minimum absolute atomic E-state index is 0.134. The largest absolute Gasteiger partial charge is 0.326 e. The Hall–Kier alpha value is -0.970. The molecule has 2 rings (SSSR count). The molecule has 0 bridgehead atoms. The second-order valence-corrected chi connectivity index (χ2v) is 5.54. The Bertz CT molecular complexity index is 414. The third-order valence-electron chi connectivity index (χ3n) is 4.11. The summed E-state index contributed by atoms with van der Waals surface area (Å²) in [4.78, 5) is 4.62. The molecule has 0 radical (unpaired) electrons. The van der Waals surface area contributed by atoms with E-state index in [1.165, 1.54) is 0 Å². The normalized spacial score (nSPS) is 18.2. The van der Waals surface area contributed by atoms with Crippen molar-refractivity contribution in [2.75, 3.05) is 27.2 Å². The molecule has 4 heteroatoms. The maximum absolute atomic E-state index is 14.1. The van der Waals surface area contributed by atoms with Gasteiger partial charge >= 0.3 is 0 Å². The van der Waals surface area contributed by atoms with Crippen LogP contribution in [0.5, 0.6) is 0 Å². The van der Waals surface area contributed by atoms with Crippen LogP contribution in [0.15, 0.2) is 18.2 Å². The van der Waals surface area contributed by atoms with Crippen LogP contribution in [0.25, 0.3) is 0 Å². The highest BCUT2D eigenvalue weighted by Gasteiger charge is 2.21. The first-order valence-electron chi connectivity index (χ1n) is 6.97. The van der Waals surface area contributed by atoms with Crippen molar-refractivity contribution in [3.63, 3.8) is 0 Å². The van der Waals surface area contributed by atoms with Crippen molar-refractivity contribution in [2.24, 2.45) is 5.73 Å². The Kier molecular flexibility index (Phi) is 4.91. The lowest BCUT2D eigenvalue weighted by Gasteiger charge is -2.35. The molecule has 0 saturated carbocycles. The van der Waals surface area contributed by atoms with Gasteiger partial charge in [0.1, 0.15) is 5.82 Å². The Labute approximate surface area is 115 Å². The molecule has 1 fully saturated rings. The highest BCUT2D eigenvalue weighted by Crippen LogP contribution is 2.19. The number of rotatable bonds is 4. The molecule has 0 atom stereocenters. The van der Waals surface area contributed by atoms with Gasteiger partial charge in [0.05, 0.1) is 0 Å². The fourth-order valence-corrected chi connectivity index (χ4v) is 2.75. The maximum atomic E-state index is 14.1. The van der Waals surface area contributed by atoms with Crippen molar-refractivity contribution in [3.05, 3.63) is 35.1 Å². The molecule has 1 aromatic rings. The van der Waals surface area contributed by atoms with Crippen LogP contribution in [0, 0.1) is 5.82 Å². The molecule has 1 heterocycles. The summed E-state index contributed by atoms with van der Waals surface area (Å²) in [6, 6.07) is 6.06. The number of nitrogens with zero attached hydrogens (tertiary/aromatic N) is 2. The summed E-state index contributed by atoms with van der Waals surface area (Å²) in [7, 11) is 4.24. The van der Waals surface area contributed by atoms with Gasteiger partial charge < -0.3 is 10.6 Å². The number of likely N-dealkylation sites (tertiary alicyclic amines) is 1. The summed E-state index contributed by atoms with van der Waals surface area (Å²) in [6.07, 6.45) is 2.32. The summed E-state index contributed by atoms with van der Waals surface area (Å²) in [6.45, 7) is 3.17. The van der Waals surface area contributed by atoms with Crippen molar-refractivity contribution in [3.8, 4) is 0 Å². The van der Waals surface area contributed by atoms with E-state index in [4.69, 9.17) is 5.73 Å². The lowest BCUT2D eigenvalue weighted by molar-refractivity contribution is 0.138. The molecule has 0 unspecified atom stereocenters. The smallest absolute Gasteiger partial charge is 0.132 e. The lowest BCUT2D eigenvalue weighted by atomic mass is 10.0. The van der Waals surface area contributed by atoms with Crippen LogP contribution >= 0.6 is 0 Å². The molecular formula is C15H24FN3. The maximum Gasteiger partial charge on any atom is 0.132 e. The molecule has 19 heavy (non-hydrogen) atoms. The van der Waals surface area contributed by atoms with Gasteiger partial charge in [-0.1, -0.05) is 18.2 Å². The van der Waals surface area contributed by atoms with E-state index in [-0.39, 0.29) is 12.4 Å². The van der Waals surface area contributed by atoms with Gasteiger partial charge in [-0.05, 0) is 40.0 Å². The van der Waals surface area contributed by atoms with E-state index in [1.54, 1.807) is 6.07 Å². The van der Waals surface area contributed by atoms with E-state index >= 15 is 0 Å². The minimum Gasteiger partial charge on any atom is -0.326 e. The predicted octanol–water partition coefficient (Wildman–Crippen LogP) is 1.81. The van der Waals surface area contributed by atoms with Crippen molar-refractivity contribution >= 4 is 0 Å². The van der Waals surface area contributed by atoms with E-state index in [1.807, 2.05) is 12.1 Å². The van der Waals surface area contributed by atoms with Gasteiger partial charge in [-0.15, -0.1) is 0 Å². The minimum atomic E-state index is -0.134. The lowest BCUT2D eigenvalue weighted by Crippen LogP contribution is -2.41. The second kappa shape index (κ2) is 6.46. The molecule has 1 aliphatic rings. The first-order chi connectivity index (χ1) is 9.11. The molecule has 1 aromatic carbocycles. The van der Waals surface area contributed by atoms with Crippen molar-refractivity contribution in [2.45, 2.75) is 32.0 Å². The zero-order valence-corrected chi connectivity index (χ0v) is 11.9. The number of hydrogen-bond acceptors (Lipinski definition) is 3. The van der Waals surface area contributed by atoms with Gasteiger partial charge in [0.15, 0.2) is 0 Å². The summed E-state index contributed by atoms with van der Waals surface area (Å²) < 4.78 is 14.1. The first kappa shape index (κ1) is 14.4. The molecular weight excluding hydrogens is 241 g/mol. The van der Waals surface area contributed by atoms with Crippen LogP contribution in [-0.4, -0.2) is 43.0 Å². The van der Waals surface area contributed by atoms with Gasteiger partial charge in [0.25, 0.3) is 0 Å². The van der Waals surface area contributed by atoms with E-state index in [0.717, 1.165) is 31.5 Å². The summed E-state index contributed by atoms with van der Waals surface area (Å²) in [5.41, 5.74) is 6.91. The Morgan fingerprint density at radius 1 is 1.32 bits per heavy atom. The molecule has 0 aromatic heterocycles. The predicted molar refractivity (Wildman–Crippen MR) is 76.3 cm³/mol. The molecule has 3 nitrogen and oxygen atoms in total. The number of piperidine rings is 1. The van der Waals surface area contributed by atoms with Crippen LogP contribution in [0.1, 0.15) is 24.0 Å². The zero-order valence-electron chi connectivity index (χ0n) is 11.9. The van der Waals surface area contributed by atoms with E-state index < -0.39 is 0 Å². The molecule has 1 saturated heterocycles. The van der Waals surface area contributed by atoms with Crippen LogP contribution in [0.2, 0.25) is 0 Å². The average Bonchev–Trinajstić information content (AvgIpc) is 2.42. The first-order valence-corrected chi connectivity index (χ1v) is 6.97. The highest BCUT2D eigenvalue weighted by atomic mass is 19.1. The average molecular weight is 265 g/mol. The fraction of sp³-hybridized carbons (Fsp3) is 0.600. The SMILES string of the molecule is CN1CCC(N(C)Cc2cccc(CN)c2F)CC1. The molecule has 2 N–H and O–H groups in total. The summed E-state index contributed by atoms with van der Waals surface area (Å²) in [5, 5.41) is 0. The number of benzene rings is 1. The van der Waals surface area contributed by atoms with E-state index in [2.05, 4.69) is 23.9 Å². The third-order valence-corrected chi connectivity index (χ3v) is 4.11. The van der Waals surface area contributed by atoms with Crippen LogP contribution in [0.4, 0.5) is 4.39 Å². The van der Waals surface area contributed by atoms with Crippen molar-refractivity contribution < 1.29 is 4.39 Å². The van der Waals surface area contributed by atoms with Crippen LogP contribution in [-0.2, 0) is 13.1 Å². The molecule has 0 amide bonds. The highest BCUT2D eigenvalue weighted by molar-refractivity contribution is 5.25. The Morgan fingerprint density at radius 2 is 1.95 bits per heavy atom. The van der Waals surface area contributed by atoms with Crippen molar-refractivity contribution in [1.29, 1.82) is 0 Å². The quantitative estimate of drug-likeness (QED) is 0.901. The monoisotopic (exact) mass is 265 g/mol. The third kappa shape index (κ3) is 3.53.